The number of hydrogen-bond donors (Lipinski definition) is 1. The van der Waals surface area contributed by atoms with Crippen molar-refractivity contribution in [3.8, 4) is 0 Å². The number of alkyl halides is 1. The number of hydrogen-bond acceptors (Lipinski definition) is 1. The van der Waals surface area contributed by atoms with Gasteiger partial charge >= 0.3 is 0 Å². The van der Waals surface area contributed by atoms with E-state index < -0.39 is 6.17 Å². The van der Waals surface area contributed by atoms with Gasteiger partial charge in [-0.2, -0.15) is 0 Å². The molecule has 2 aliphatic rings. The molecule has 1 aliphatic heterocycles. The molecule has 1 N–H and O–H groups in total. The zero-order chi connectivity index (χ0) is 9.80. The number of piperidine rings is 1. The summed E-state index contributed by atoms with van der Waals surface area (Å²) in [6.45, 7) is 2.18. The van der Waals surface area contributed by atoms with Crippen molar-refractivity contribution in [3.63, 3.8) is 0 Å². The van der Waals surface area contributed by atoms with Gasteiger partial charge in [0.05, 0.1) is 0 Å². The van der Waals surface area contributed by atoms with Gasteiger partial charge in [-0.05, 0) is 57.0 Å². The van der Waals surface area contributed by atoms with Crippen LogP contribution < -0.4 is 5.32 Å². The molecule has 0 spiro atoms. The molecular formula is C12H22FN. The fraction of sp³-hybridized carbons (Fsp3) is 1.00. The first-order valence-corrected chi connectivity index (χ1v) is 6.21. The molecule has 0 radical (unpaired) electrons. The van der Waals surface area contributed by atoms with Crippen molar-refractivity contribution in [2.24, 2.45) is 11.8 Å². The molecule has 2 atom stereocenters. The minimum absolute atomic E-state index is 0.400. The highest BCUT2D eigenvalue weighted by Gasteiger charge is 2.27. The SMILES string of the molecule is FC(CC1CCCNC1)C1CCCC1. The van der Waals surface area contributed by atoms with Gasteiger partial charge in [-0.25, -0.2) is 4.39 Å². The highest BCUT2D eigenvalue weighted by Crippen LogP contribution is 2.33. The lowest BCUT2D eigenvalue weighted by atomic mass is 9.88. The van der Waals surface area contributed by atoms with Crippen molar-refractivity contribution < 1.29 is 4.39 Å². The van der Waals surface area contributed by atoms with Crippen LogP contribution in [-0.4, -0.2) is 19.3 Å². The van der Waals surface area contributed by atoms with Crippen LogP contribution >= 0.6 is 0 Å². The van der Waals surface area contributed by atoms with Gasteiger partial charge in [0, 0.05) is 0 Å². The second-order valence-corrected chi connectivity index (χ2v) is 5.01. The molecule has 0 aromatic heterocycles. The van der Waals surface area contributed by atoms with Crippen molar-refractivity contribution in [2.45, 2.75) is 51.1 Å². The van der Waals surface area contributed by atoms with E-state index in [0.717, 1.165) is 32.4 Å². The van der Waals surface area contributed by atoms with E-state index in [4.69, 9.17) is 0 Å². The Kier molecular flexibility index (Phi) is 3.80. The Labute approximate surface area is 86.5 Å². The van der Waals surface area contributed by atoms with Crippen LogP contribution in [0.15, 0.2) is 0 Å². The van der Waals surface area contributed by atoms with E-state index in [2.05, 4.69) is 5.32 Å². The average molecular weight is 199 g/mol. The summed E-state index contributed by atoms with van der Waals surface area (Å²) < 4.78 is 13.9. The Morgan fingerprint density at radius 2 is 1.93 bits per heavy atom. The smallest absolute Gasteiger partial charge is 0.103 e. The predicted octanol–water partition coefficient (Wildman–Crippen LogP) is 2.90. The van der Waals surface area contributed by atoms with Gasteiger partial charge in [0.2, 0.25) is 0 Å². The maximum Gasteiger partial charge on any atom is 0.103 e. The van der Waals surface area contributed by atoms with Gasteiger partial charge in [-0.1, -0.05) is 12.8 Å². The summed E-state index contributed by atoms with van der Waals surface area (Å²) in [6.07, 6.45) is 7.58. The van der Waals surface area contributed by atoms with Crippen molar-refractivity contribution in [1.82, 2.24) is 5.32 Å². The summed E-state index contributed by atoms with van der Waals surface area (Å²) in [7, 11) is 0. The molecule has 1 saturated heterocycles. The van der Waals surface area contributed by atoms with E-state index in [9.17, 15) is 4.39 Å². The summed E-state index contributed by atoms with van der Waals surface area (Å²) in [6, 6.07) is 0. The Morgan fingerprint density at radius 3 is 2.57 bits per heavy atom. The van der Waals surface area contributed by atoms with Crippen molar-refractivity contribution in [1.29, 1.82) is 0 Å². The predicted molar refractivity (Wildman–Crippen MR) is 57.1 cm³/mol. The first kappa shape index (κ1) is 10.4. The molecule has 14 heavy (non-hydrogen) atoms. The molecule has 2 heteroatoms. The van der Waals surface area contributed by atoms with E-state index in [1.165, 1.54) is 25.7 Å². The normalized spacial score (nSPS) is 31.9. The quantitative estimate of drug-likeness (QED) is 0.737. The molecule has 1 heterocycles. The van der Waals surface area contributed by atoms with Gasteiger partial charge in [0.25, 0.3) is 0 Å². The fourth-order valence-corrected chi connectivity index (χ4v) is 2.96. The van der Waals surface area contributed by atoms with Crippen LogP contribution in [0.4, 0.5) is 4.39 Å². The van der Waals surface area contributed by atoms with Crippen molar-refractivity contribution in [3.05, 3.63) is 0 Å². The third kappa shape index (κ3) is 2.69. The maximum atomic E-state index is 13.9. The highest BCUT2D eigenvalue weighted by atomic mass is 19.1. The lowest BCUT2D eigenvalue weighted by molar-refractivity contribution is 0.174. The van der Waals surface area contributed by atoms with Gasteiger partial charge < -0.3 is 5.32 Å². The van der Waals surface area contributed by atoms with E-state index in [-0.39, 0.29) is 0 Å². The largest absolute Gasteiger partial charge is 0.316 e. The van der Waals surface area contributed by atoms with E-state index in [1.54, 1.807) is 0 Å². The summed E-state index contributed by atoms with van der Waals surface area (Å²) in [4.78, 5) is 0. The second kappa shape index (κ2) is 5.11. The molecule has 1 saturated carbocycles. The van der Waals surface area contributed by atoms with Gasteiger partial charge in [-0.15, -0.1) is 0 Å². The zero-order valence-electron chi connectivity index (χ0n) is 8.97. The number of nitrogens with one attached hydrogen (secondary N) is 1. The van der Waals surface area contributed by atoms with E-state index in [1.807, 2.05) is 0 Å². The summed E-state index contributed by atoms with van der Waals surface area (Å²) in [5.74, 6) is 1.01. The van der Waals surface area contributed by atoms with Gasteiger partial charge in [-0.3, -0.25) is 0 Å². The third-order valence-corrected chi connectivity index (χ3v) is 3.87. The van der Waals surface area contributed by atoms with E-state index in [0.29, 0.717) is 11.8 Å². The molecule has 1 nitrogen and oxygen atoms in total. The standard InChI is InChI=1S/C12H22FN/c13-12(11-5-1-2-6-11)8-10-4-3-7-14-9-10/h10-12,14H,1-9H2. The van der Waals surface area contributed by atoms with Gasteiger partial charge in [0.15, 0.2) is 0 Å². The molecule has 2 fully saturated rings. The van der Waals surface area contributed by atoms with Crippen LogP contribution in [0, 0.1) is 11.8 Å². The van der Waals surface area contributed by atoms with Crippen LogP contribution in [0.25, 0.3) is 0 Å². The first-order chi connectivity index (χ1) is 6.86. The first-order valence-electron chi connectivity index (χ1n) is 6.21. The number of rotatable bonds is 3. The summed E-state index contributed by atoms with van der Waals surface area (Å²) in [5, 5.41) is 3.36. The Morgan fingerprint density at radius 1 is 1.14 bits per heavy atom. The van der Waals surface area contributed by atoms with Crippen LogP contribution in [-0.2, 0) is 0 Å². The molecule has 0 bridgehead atoms. The van der Waals surface area contributed by atoms with Crippen LogP contribution in [0.3, 0.4) is 0 Å². The van der Waals surface area contributed by atoms with Gasteiger partial charge in [0.1, 0.15) is 6.17 Å². The van der Waals surface area contributed by atoms with Crippen LogP contribution in [0.5, 0.6) is 0 Å². The summed E-state index contributed by atoms with van der Waals surface area (Å²) in [5.41, 5.74) is 0. The maximum absolute atomic E-state index is 13.9. The Bertz CT molecular complexity index is 160. The fourth-order valence-electron chi connectivity index (χ4n) is 2.96. The molecule has 0 aromatic carbocycles. The van der Waals surface area contributed by atoms with Crippen LogP contribution in [0.2, 0.25) is 0 Å². The van der Waals surface area contributed by atoms with Crippen molar-refractivity contribution in [2.75, 3.05) is 13.1 Å². The lowest BCUT2D eigenvalue weighted by Crippen LogP contribution is -2.32. The second-order valence-electron chi connectivity index (χ2n) is 5.01. The third-order valence-electron chi connectivity index (χ3n) is 3.87. The topological polar surface area (TPSA) is 12.0 Å². The molecule has 0 aromatic rings. The zero-order valence-corrected chi connectivity index (χ0v) is 8.97. The highest BCUT2D eigenvalue weighted by molar-refractivity contribution is 4.79. The molecule has 2 unspecified atom stereocenters. The average Bonchev–Trinajstić information content (AvgIpc) is 2.72. The molecule has 82 valence electrons. The summed E-state index contributed by atoms with van der Waals surface area (Å²) >= 11 is 0. The molecular weight excluding hydrogens is 177 g/mol. The lowest BCUT2D eigenvalue weighted by Gasteiger charge is -2.26. The Hall–Kier alpha value is -0.110. The minimum Gasteiger partial charge on any atom is -0.316 e. The molecule has 1 aliphatic carbocycles. The monoisotopic (exact) mass is 199 g/mol. The minimum atomic E-state index is -0.512. The van der Waals surface area contributed by atoms with Crippen LogP contribution in [0.1, 0.15) is 44.9 Å². The molecule has 0 amide bonds. The van der Waals surface area contributed by atoms with Crippen molar-refractivity contribution >= 4 is 0 Å². The Balaban J connectivity index is 1.72. The van der Waals surface area contributed by atoms with E-state index >= 15 is 0 Å². The number of halogens is 1. The molecule has 2 rings (SSSR count).